The van der Waals surface area contributed by atoms with Crippen molar-refractivity contribution in [3.8, 4) is 0 Å². The zero-order valence-electron chi connectivity index (χ0n) is 11.7. The smallest absolute Gasteiger partial charge is 0.251 e. The average molecular weight is 259 g/mol. The molecule has 3 heteroatoms. The standard InChI is InChI=1S/C16H21NO2/c1-16(2,3)14(18)9-8-12-10-11-6-4-5-7-13(11)17-15(12)19/h4-7,10,14,18H,8-9H2,1-3H3,(H,17,19). The largest absolute Gasteiger partial charge is 0.393 e. The van der Waals surface area contributed by atoms with Crippen LogP contribution >= 0.6 is 0 Å². The molecule has 19 heavy (non-hydrogen) atoms. The molecule has 3 nitrogen and oxygen atoms in total. The van der Waals surface area contributed by atoms with Crippen LogP contribution in [-0.2, 0) is 6.42 Å². The van der Waals surface area contributed by atoms with Crippen molar-refractivity contribution in [1.82, 2.24) is 4.98 Å². The molecule has 0 bridgehead atoms. The number of benzene rings is 1. The molecule has 0 fully saturated rings. The molecule has 0 radical (unpaired) electrons. The lowest BCUT2D eigenvalue weighted by atomic mass is 9.86. The summed E-state index contributed by atoms with van der Waals surface area (Å²) in [5, 5.41) is 11.1. The Balaban J connectivity index is 2.22. The summed E-state index contributed by atoms with van der Waals surface area (Å²) in [6.07, 6.45) is 0.794. The second-order valence-corrected chi connectivity index (χ2v) is 6.13. The number of pyridine rings is 1. The number of aliphatic hydroxyl groups excluding tert-OH is 1. The van der Waals surface area contributed by atoms with Gasteiger partial charge in [0.05, 0.1) is 6.10 Å². The Kier molecular flexibility index (Phi) is 3.76. The van der Waals surface area contributed by atoms with Crippen molar-refractivity contribution in [2.75, 3.05) is 0 Å². The maximum atomic E-state index is 12.0. The van der Waals surface area contributed by atoms with Crippen LogP contribution in [0.2, 0.25) is 0 Å². The quantitative estimate of drug-likeness (QED) is 0.890. The minimum absolute atomic E-state index is 0.0557. The van der Waals surface area contributed by atoms with Crippen molar-refractivity contribution >= 4 is 10.9 Å². The molecule has 102 valence electrons. The molecule has 0 amide bonds. The van der Waals surface area contributed by atoms with E-state index in [1.807, 2.05) is 51.1 Å². The van der Waals surface area contributed by atoms with E-state index < -0.39 is 6.10 Å². The molecule has 2 N–H and O–H groups in total. The van der Waals surface area contributed by atoms with Gasteiger partial charge in [0, 0.05) is 11.1 Å². The lowest BCUT2D eigenvalue weighted by molar-refractivity contribution is 0.0559. The Labute approximate surface area is 113 Å². The highest BCUT2D eigenvalue weighted by Gasteiger charge is 2.21. The van der Waals surface area contributed by atoms with Gasteiger partial charge in [-0.2, -0.15) is 0 Å². The Bertz CT molecular complexity index is 622. The summed E-state index contributed by atoms with van der Waals surface area (Å²) in [5.74, 6) is 0. The molecule has 0 saturated heterocycles. The summed E-state index contributed by atoms with van der Waals surface area (Å²) < 4.78 is 0. The van der Waals surface area contributed by atoms with Gasteiger partial charge in [-0.1, -0.05) is 39.0 Å². The van der Waals surface area contributed by atoms with Crippen LogP contribution < -0.4 is 5.56 Å². The van der Waals surface area contributed by atoms with Crippen molar-refractivity contribution in [3.63, 3.8) is 0 Å². The maximum Gasteiger partial charge on any atom is 0.251 e. The van der Waals surface area contributed by atoms with Gasteiger partial charge in [-0.15, -0.1) is 0 Å². The molecule has 0 saturated carbocycles. The summed E-state index contributed by atoms with van der Waals surface area (Å²) in [6.45, 7) is 6.01. The number of aromatic amines is 1. The second kappa shape index (κ2) is 5.17. The van der Waals surface area contributed by atoms with Gasteiger partial charge in [-0.3, -0.25) is 4.79 Å². The molecular formula is C16H21NO2. The normalized spacial score (nSPS) is 13.7. The molecular weight excluding hydrogens is 238 g/mol. The van der Waals surface area contributed by atoms with Gasteiger partial charge in [0.25, 0.3) is 5.56 Å². The van der Waals surface area contributed by atoms with Crippen LogP contribution in [0.1, 0.15) is 32.8 Å². The summed E-state index contributed by atoms with van der Waals surface area (Å²) in [4.78, 5) is 14.8. The zero-order chi connectivity index (χ0) is 14.0. The monoisotopic (exact) mass is 259 g/mol. The molecule has 0 spiro atoms. The lowest BCUT2D eigenvalue weighted by Crippen LogP contribution is -2.27. The van der Waals surface area contributed by atoms with E-state index in [0.717, 1.165) is 16.5 Å². The zero-order valence-corrected chi connectivity index (χ0v) is 11.7. The SMILES string of the molecule is CC(C)(C)C(O)CCc1cc2ccccc2[nH]c1=O. The van der Waals surface area contributed by atoms with Crippen molar-refractivity contribution in [2.45, 2.75) is 39.7 Å². The lowest BCUT2D eigenvalue weighted by Gasteiger charge is -2.25. The Morgan fingerprint density at radius 1 is 1.26 bits per heavy atom. The first kappa shape index (κ1) is 13.8. The highest BCUT2D eigenvalue weighted by molar-refractivity contribution is 5.78. The van der Waals surface area contributed by atoms with E-state index in [2.05, 4.69) is 4.98 Å². The van der Waals surface area contributed by atoms with Gasteiger partial charge in [0.2, 0.25) is 0 Å². The highest BCUT2D eigenvalue weighted by atomic mass is 16.3. The van der Waals surface area contributed by atoms with Crippen molar-refractivity contribution in [2.24, 2.45) is 5.41 Å². The molecule has 2 aromatic rings. The molecule has 1 aromatic carbocycles. The molecule has 0 aliphatic rings. The third kappa shape index (κ3) is 3.24. The van der Waals surface area contributed by atoms with Crippen LogP contribution in [0.25, 0.3) is 10.9 Å². The number of aliphatic hydroxyl groups is 1. The third-order valence-corrected chi connectivity index (χ3v) is 3.52. The van der Waals surface area contributed by atoms with Crippen LogP contribution in [0.15, 0.2) is 35.1 Å². The average Bonchev–Trinajstić information content (AvgIpc) is 2.34. The topological polar surface area (TPSA) is 53.1 Å². The Hall–Kier alpha value is -1.61. The first-order valence-electron chi connectivity index (χ1n) is 6.67. The van der Waals surface area contributed by atoms with Crippen molar-refractivity contribution < 1.29 is 5.11 Å². The maximum absolute atomic E-state index is 12.0. The first-order valence-corrected chi connectivity index (χ1v) is 6.67. The van der Waals surface area contributed by atoms with Crippen LogP contribution in [-0.4, -0.2) is 16.2 Å². The van der Waals surface area contributed by atoms with Crippen LogP contribution in [0.3, 0.4) is 0 Å². The van der Waals surface area contributed by atoms with Crippen molar-refractivity contribution in [1.29, 1.82) is 0 Å². The number of aryl methyl sites for hydroxylation is 1. The molecule has 2 rings (SSSR count). The van der Waals surface area contributed by atoms with E-state index in [-0.39, 0.29) is 11.0 Å². The van der Waals surface area contributed by atoms with Crippen LogP contribution in [0, 0.1) is 5.41 Å². The Morgan fingerprint density at radius 2 is 1.95 bits per heavy atom. The fraction of sp³-hybridized carbons (Fsp3) is 0.438. The van der Waals surface area contributed by atoms with Gasteiger partial charge in [-0.05, 0) is 35.8 Å². The Morgan fingerprint density at radius 3 is 2.63 bits per heavy atom. The predicted molar refractivity (Wildman–Crippen MR) is 78.4 cm³/mol. The molecule has 1 aromatic heterocycles. The number of H-pyrrole nitrogens is 1. The fourth-order valence-electron chi connectivity index (χ4n) is 2.10. The number of fused-ring (bicyclic) bond motifs is 1. The second-order valence-electron chi connectivity index (χ2n) is 6.13. The summed E-state index contributed by atoms with van der Waals surface area (Å²) in [5.41, 5.74) is 1.39. The van der Waals surface area contributed by atoms with E-state index in [1.165, 1.54) is 0 Å². The third-order valence-electron chi connectivity index (χ3n) is 3.52. The number of aromatic nitrogens is 1. The van der Waals surface area contributed by atoms with Crippen LogP contribution in [0.5, 0.6) is 0 Å². The fourth-order valence-corrected chi connectivity index (χ4v) is 2.10. The molecule has 1 unspecified atom stereocenters. The minimum Gasteiger partial charge on any atom is -0.393 e. The minimum atomic E-state index is -0.404. The van der Waals surface area contributed by atoms with Gasteiger partial charge in [-0.25, -0.2) is 0 Å². The number of para-hydroxylation sites is 1. The summed E-state index contributed by atoms with van der Waals surface area (Å²) in [7, 11) is 0. The number of nitrogens with one attached hydrogen (secondary N) is 1. The van der Waals surface area contributed by atoms with E-state index >= 15 is 0 Å². The predicted octanol–water partition coefficient (Wildman–Crippen LogP) is 2.87. The van der Waals surface area contributed by atoms with Gasteiger partial charge >= 0.3 is 0 Å². The first-order chi connectivity index (χ1) is 8.88. The number of hydrogen-bond acceptors (Lipinski definition) is 2. The number of hydrogen-bond donors (Lipinski definition) is 2. The van der Waals surface area contributed by atoms with E-state index in [9.17, 15) is 9.90 Å². The van der Waals surface area contributed by atoms with Gasteiger partial charge in [0.15, 0.2) is 0 Å². The van der Waals surface area contributed by atoms with Crippen LogP contribution in [0.4, 0.5) is 0 Å². The van der Waals surface area contributed by atoms with E-state index in [1.54, 1.807) is 0 Å². The van der Waals surface area contributed by atoms with Gasteiger partial charge < -0.3 is 10.1 Å². The van der Waals surface area contributed by atoms with Crippen molar-refractivity contribution in [3.05, 3.63) is 46.2 Å². The van der Waals surface area contributed by atoms with E-state index in [4.69, 9.17) is 0 Å². The molecule has 1 atom stereocenters. The van der Waals surface area contributed by atoms with E-state index in [0.29, 0.717) is 12.8 Å². The molecule has 0 aliphatic carbocycles. The summed E-state index contributed by atoms with van der Waals surface area (Å²) in [6, 6.07) is 9.65. The highest BCUT2D eigenvalue weighted by Crippen LogP contribution is 2.22. The molecule has 1 heterocycles. The summed E-state index contributed by atoms with van der Waals surface area (Å²) >= 11 is 0. The molecule has 0 aliphatic heterocycles. The number of rotatable bonds is 3. The van der Waals surface area contributed by atoms with Gasteiger partial charge in [0.1, 0.15) is 0 Å².